The lowest BCUT2D eigenvalue weighted by molar-refractivity contribution is -0.144. The Labute approximate surface area is 170 Å². The van der Waals surface area contributed by atoms with Crippen molar-refractivity contribution < 1.29 is 19.0 Å². The van der Waals surface area contributed by atoms with Gasteiger partial charge in [-0.05, 0) is 61.6 Å². The molecule has 154 valence electrons. The molecular formula is C23H27FN2O3. The molecule has 2 aromatic rings. The molecular weight excluding hydrogens is 371 g/mol. The largest absolute Gasteiger partial charge is 0.507 e. The van der Waals surface area contributed by atoms with Gasteiger partial charge in [-0.25, -0.2) is 4.39 Å². The number of hydrogen-bond acceptors (Lipinski definition) is 4. The van der Waals surface area contributed by atoms with Crippen LogP contribution >= 0.6 is 0 Å². The first-order valence-corrected chi connectivity index (χ1v) is 10.1. The highest BCUT2D eigenvalue weighted by molar-refractivity contribution is 5.95. The zero-order chi connectivity index (χ0) is 20.6. The van der Waals surface area contributed by atoms with Crippen LogP contribution in [0.25, 0.3) is 0 Å². The Bertz CT molecular complexity index is 899. The number of ether oxygens (including phenoxy) is 1. The van der Waals surface area contributed by atoms with E-state index in [1.54, 1.807) is 17.0 Å². The van der Waals surface area contributed by atoms with E-state index < -0.39 is 0 Å². The van der Waals surface area contributed by atoms with Crippen molar-refractivity contribution >= 4 is 11.6 Å². The summed E-state index contributed by atoms with van der Waals surface area (Å²) < 4.78 is 19.6. The Kier molecular flexibility index (Phi) is 5.32. The van der Waals surface area contributed by atoms with Crippen molar-refractivity contribution in [2.45, 2.75) is 38.8 Å². The Balaban J connectivity index is 1.42. The predicted octanol–water partition coefficient (Wildman–Crippen LogP) is 3.55. The second-order valence-electron chi connectivity index (χ2n) is 8.29. The summed E-state index contributed by atoms with van der Waals surface area (Å²) in [6.45, 7) is 6.89. The number of phenols is 1. The number of phenolic OH excluding ortho intramolecular Hbond substituents is 1. The number of nitrogens with zero attached hydrogens (tertiary/aromatic N) is 2. The van der Waals surface area contributed by atoms with E-state index in [2.05, 4.69) is 4.90 Å². The summed E-state index contributed by atoms with van der Waals surface area (Å²) >= 11 is 0. The number of rotatable bonds is 3. The lowest BCUT2D eigenvalue weighted by atomic mass is 9.88. The van der Waals surface area contributed by atoms with E-state index >= 15 is 0 Å². The molecule has 2 fully saturated rings. The first kappa shape index (κ1) is 19.9. The van der Waals surface area contributed by atoms with Crippen LogP contribution in [-0.4, -0.2) is 47.8 Å². The van der Waals surface area contributed by atoms with Gasteiger partial charge in [0.1, 0.15) is 18.2 Å². The summed E-state index contributed by atoms with van der Waals surface area (Å²) in [5.74, 6) is -0.104. The molecule has 2 aromatic carbocycles. The van der Waals surface area contributed by atoms with Gasteiger partial charge in [0.25, 0.3) is 5.91 Å². The molecule has 5 nitrogen and oxygen atoms in total. The minimum atomic E-state index is -0.377. The second-order valence-corrected chi connectivity index (χ2v) is 8.29. The maximum Gasteiger partial charge on any atom is 0.253 e. The number of benzene rings is 2. The Morgan fingerprint density at radius 3 is 2.48 bits per heavy atom. The molecule has 0 atom stereocenters. The van der Waals surface area contributed by atoms with Gasteiger partial charge in [-0.15, -0.1) is 0 Å². The fourth-order valence-corrected chi connectivity index (χ4v) is 4.41. The van der Waals surface area contributed by atoms with E-state index in [-0.39, 0.29) is 23.9 Å². The topological polar surface area (TPSA) is 53.0 Å². The van der Waals surface area contributed by atoms with Crippen molar-refractivity contribution in [1.29, 1.82) is 0 Å². The number of aromatic hydroxyl groups is 1. The minimum Gasteiger partial charge on any atom is -0.507 e. The van der Waals surface area contributed by atoms with Crippen LogP contribution in [0.15, 0.2) is 36.4 Å². The number of morpholine rings is 1. The molecule has 1 N–H and O–H groups in total. The van der Waals surface area contributed by atoms with Gasteiger partial charge >= 0.3 is 0 Å². The van der Waals surface area contributed by atoms with Crippen LogP contribution in [-0.2, 0) is 16.1 Å². The highest BCUT2D eigenvalue weighted by Crippen LogP contribution is 2.33. The number of aryl methyl sites for hydroxylation is 2. The molecule has 0 radical (unpaired) electrons. The molecule has 0 unspecified atom stereocenters. The first-order chi connectivity index (χ1) is 13.8. The van der Waals surface area contributed by atoms with Crippen molar-refractivity contribution in [2.75, 3.05) is 31.1 Å². The van der Waals surface area contributed by atoms with E-state index in [0.29, 0.717) is 18.0 Å². The van der Waals surface area contributed by atoms with E-state index in [0.717, 1.165) is 43.6 Å². The zero-order valence-electron chi connectivity index (χ0n) is 16.9. The number of halogens is 1. The molecule has 0 aliphatic carbocycles. The predicted molar refractivity (Wildman–Crippen MR) is 110 cm³/mol. The molecule has 2 heterocycles. The number of likely N-dealkylation sites (tertiary alicyclic amines) is 1. The summed E-state index contributed by atoms with van der Waals surface area (Å²) in [6, 6.07) is 10.3. The Hall–Kier alpha value is -2.44. The maximum absolute atomic E-state index is 13.6. The molecule has 1 spiro atoms. The zero-order valence-corrected chi connectivity index (χ0v) is 16.9. The summed E-state index contributed by atoms with van der Waals surface area (Å²) in [5, 5.41) is 9.97. The normalized spacial score (nSPS) is 19.7. The average Bonchev–Trinajstić information content (AvgIpc) is 2.70. The van der Waals surface area contributed by atoms with Crippen molar-refractivity contribution in [3.05, 3.63) is 58.9 Å². The molecule has 4 rings (SSSR count). The highest BCUT2D eigenvalue weighted by atomic mass is 19.1. The van der Waals surface area contributed by atoms with Gasteiger partial charge in [-0.1, -0.05) is 18.2 Å². The van der Waals surface area contributed by atoms with Crippen LogP contribution in [0.3, 0.4) is 0 Å². The number of anilines is 1. The van der Waals surface area contributed by atoms with Crippen molar-refractivity contribution in [3.8, 4) is 5.75 Å². The Morgan fingerprint density at radius 1 is 1.14 bits per heavy atom. The van der Waals surface area contributed by atoms with Crippen LogP contribution in [0.1, 0.15) is 29.5 Å². The molecule has 2 aliphatic heterocycles. The van der Waals surface area contributed by atoms with Gasteiger partial charge in [0.15, 0.2) is 0 Å². The average molecular weight is 398 g/mol. The third-order valence-electron chi connectivity index (χ3n) is 6.09. The van der Waals surface area contributed by atoms with Gasteiger partial charge in [-0.2, -0.15) is 0 Å². The summed E-state index contributed by atoms with van der Waals surface area (Å²) in [4.78, 5) is 16.4. The number of hydrogen-bond donors (Lipinski definition) is 1. The molecule has 2 saturated heterocycles. The molecule has 0 aromatic heterocycles. The van der Waals surface area contributed by atoms with Gasteiger partial charge in [0.2, 0.25) is 0 Å². The SMILES string of the molecule is Cc1cc(CN2CCC3(CC2)CN(c2cccc(F)c2)C(=O)CO3)cc(C)c1O. The second kappa shape index (κ2) is 7.76. The fourth-order valence-electron chi connectivity index (χ4n) is 4.41. The fraction of sp³-hybridized carbons (Fsp3) is 0.435. The number of piperidine rings is 1. The lowest BCUT2D eigenvalue weighted by Crippen LogP contribution is -2.58. The minimum absolute atomic E-state index is 0.0346. The number of carbonyl (C=O) groups is 1. The molecule has 29 heavy (non-hydrogen) atoms. The summed E-state index contributed by atoms with van der Waals surface area (Å²) in [7, 11) is 0. The van der Waals surface area contributed by atoms with Crippen molar-refractivity contribution in [2.24, 2.45) is 0 Å². The first-order valence-electron chi connectivity index (χ1n) is 10.1. The quantitative estimate of drug-likeness (QED) is 0.859. The molecule has 2 aliphatic rings. The maximum atomic E-state index is 13.6. The van der Waals surface area contributed by atoms with Crippen LogP contribution in [0.4, 0.5) is 10.1 Å². The standard InChI is InChI=1S/C23H27FN2O3/c1-16-10-18(11-17(2)22(16)28)13-25-8-6-23(7-9-25)15-26(21(27)14-29-23)20-5-3-4-19(24)12-20/h3-5,10-12,28H,6-9,13-15H2,1-2H3. The smallest absolute Gasteiger partial charge is 0.253 e. The van der Waals surface area contributed by atoms with Gasteiger partial charge < -0.3 is 14.7 Å². The van der Waals surface area contributed by atoms with Gasteiger partial charge in [0, 0.05) is 25.3 Å². The van der Waals surface area contributed by atoms with Gasteiger partial charge in [0.05, 0.1) is 12.1 Å². The Morgan fingerprint density at radius 2 is 1.83 bits per heavy atom. The highest BCUT2D eigenvalue weighted by Gasteiger charge is 2.42. The number of carbonyl (C=O) groups excluding carboxylic acids is 1. The van der Waals surface area contributed by atoms with Crippen molar-refractivity contribution in [1.82, 2.24) is 4.90 Å². The summed E-state index contributed by atoms with van der Waals surface area (Å²) in [6.07, 6.45) is 1.64. The van der Waals surface area contributed by atoms with Crippen LogP contribution in [0.5, 0.6) is 5.75 Å². The van der Waals surface area contributed by atoms with E-state index in [1.807, 2.05) is 26.0 Å². The lowest BCUT2D eigenvalue weighted by Gasteiger charge is -2.47. The van der Waals surface area contributed by atoms with E-state index in [4.69, 9.17) is 4.74 Å². The van der Waals surface area contributed by atoms with Crippen LogP contribution in [0, 0.1) is 19.7 Å². The molecule has 0 saturated carbocycles. The van der Waals surface area contributed by atoms with Crippen LogP contribution < -0.4 is 4.90 Å². The monoisotopic (exact) mass is 398 g/mol. The third-order valence-corrected chi connectivity index (χ3v) is 6.09. The van der Waals surface area contributed by atoms with E-state index in [1.165, 1.54) is 17.7 Å². The molecule has 0 bridgehead atoms. The van der Waals surface area contributed by atoms with Crippen molar-refractivity contribution in [3.63, 3.8) is 0 Å². The van der Waals surface area contributed by atoms with E-state index in [9.17, 15) is 14.3 Å². The molecule has 6 heteroatoms. The summed E-state index contributed by atoms with van der Waals surface area (Å²) in [5.41, 5.74) is 3.20. The third kappa shape index (κ3) is 4.14. The number of amides is 1. The van der Waals surface area contributed by atoms with Gasteiger partial charge in [-0.3, -0.25) is 9.69 Å². The van der Waals surface area contributed by atoms with Crippen LogP contribution in [0.2, 0.25) is 0 Å². The molecule has 1 amide bonds.